The van der Waals surface area contributed by atoms with Crippen molar-refractivity contribution in [2.45, 2.75) is 6.92 Å². The van der Waals surface area contributed by atoms with Crippen molar-refractivity contribution in [3.05, 3.63) is 95.1 Å². The Morgan fingerprint density at radius 1 is 0.846 bits per heavy atom. The number of hydrogen-bond acceptors (Lipinski definition) is 3. The van der Waals surface area contributed by atoms with Crippen molar-refractivity contribution in [2.24, 2.45) is 0 Å². The van der Waals surface area contributed by atoms with E-state index >= 15 is 0 Å². The lowest BCUT2D eigenvalue weighted by Gasteiger charge is -2.26. The summed E-state index contributed by atoms with van der Waals surface area (Å²) in [5, 5.41) is 6.61. The summed E-state index contributed by atoms with van der Waals surface area (Å²) in [4.78, 5) is 13.2. The van der Waals surface area contributed by atoms with E-state index in [1.165, 1.54) is 5.56 Å². The molecule has 0 aliphatic heterocycles. The molecule has 0 saturated heterocycles. The first-order valence-corrected chi connectivity index (χ1v) is 8.62. The fourth-order valence-electron chi connectivity index (χ4n) is 3.56. The highest BCUT2D eigenvalue weighted by Gasteiger charge is 2.30. The van der Waals surface area contributed by atoms with E-state index in [1.807, 2.05) is 55.6 Å². The average molecular weight is 340 g/mol. The summed E-state index contributed by atoms with van der Waals surface area (Å²) in [5.74, 6) is 0.0280. The van der Waals surface area contributed by atoms with Crippen LogP contribution in [0.25, 0.3) is 5.57 Å². The number of fused-ring (bicyclic) bond motifs is 2. The molecule has 0 aromatic heterocycles. The molecule has 0 amide bonds. The fourth-order valence-corrected chi connectivity index (χ4v) is 3.56. The van der Waals surface area contributed by atoms with Gasteiger partial charge in [-0.05, 0) is 47.9 Å². The maximum atomic E-state index is 13.2. The van der Waals surface area contributed by atoms with Crippen LogP contribution in [0, 0.1) is 6.92 Å². The van der Waals surface area contributed by atoms with Crippen LogP contribution in [0.2, 0.25) is 0 Å². The van der Waals surface area contributed by atoms with Gasteiger partial charge in [-0.1, -0.05) is 43.0 Å². The van der Waals surface area contributed by atoms with E-state index in [2.05, 4.69) is 36.3 Å². The van der Waals surface area contributed by atoms with Crippen molar-refractivity contribution >= 4 is 28.4 Å². The van der Waals surface area contributed by atoms with Gasteiger partial charge in [0.25, 0.3) is 0 Å². The van der Waals surface area contributed by atoms with E-state index in [9.17, 15) is 4.79 Å². The molecule has 3 aromatic carbocycles. The number of aryl methyl sites for hydroxylation is 1. The number of nitrogens with one attached hydrogen (secondary N) is 2. The third-order valence-corrected chi connectivity index (χ3v) is 4.80. The van der Waals surface area contributed by atoms with Gasteiger partial charge in [0.1, 0.15) is 0 Å². The molecule has 3 heteroatoms. The molecule has 0 unspecified atom stereocenters. The lowest BCUT2D eigenvalue weighted by Crippen LogP contribution is -2.17. The molecule has 26 heavy (non-hydrogen) atoms. The van der Waals surface area contributed by atoms with E-state index in [-0.39, 0.29) is 5.78 Å². The van der Waals surface area contributed by atoms with Crippen molar-refractivity contribution in [3.8, 4) is 0 Å². The Labute approximate surface area is 153 Å². The van der Waals surface area contributed by atoms with Crippen LogP contribution in [0.3, 0.4) is 0 Å². The summed E-state index contributed by atoms with van der Waals surface area (Å²) in [5.41, 5.74) is 7.87. The number of carbonyl (C=O) groups excluding carboxylic acids is 1. The summed E-state index contributed by atoms with van der Waals surface area (Å²) in [6.45, 7) is 6.37. The highest BCUT2D eigenvalue weighted by atomic mass is 16.1. The van der Waals surface area contributed by atoms with Crippen LogP contribution in [-0.4, -0.2) is 12.8 Å². The lowest BCUT2D eigenvalue weighted by molar-refractivity contribution is 0.103. The first kappa shape index (κ1) is 16.2. The summed E-state index contributed by atoms with van der Waals surface area (Å²) >= 11 is 0. The van der Waals surface area contributed by atoms with Gasteiger partial charge < -0.3 is 10.6 Å². The van der Waals surface area contributed by atoms with Gasteiger partial charge >= 0.3 is 0 Å². The number of rotatable bonds is 3. The van der Waals surface area contributed by atoms with Crippen molar-refractivity contribution < 1.29 is 4.79 Å². The predicted molar refractivity (Wildman–Crippen MR) is 108 cm³/mol. The number of carbonyl (C=O) groups is 1. The fraction of sp³-hybridized carbons (Fsp3) is 0.0870. The number of ketones is 1. The third-order valence-electron chi connectivity index (χ3n) is 4.80. The van der Waals surface area contributed by atoms with Crippen LogP contribution < -0.4 is 10.6 Å². The van der Waals surface area contributed by atoms with E-state index in [0.29, 0.717) is 11.1 Å². The Morgan fingerprint density at radius 3 is 2.31 bits per heavy atom. The summed E-state index contributed by atoms with van der Waals surface area (Å²) < 4.78 is 0. The zero-order chi connectivity index (χ0) is 18.3. The highest BCUT2D eigenvalue weighted by Crippen LogP contribution is 2.42. The van der Waals surface area contributed by atoms with Gasteiger partial charge in [-0.2, -0.15) is 0 Å². The average Bonchev–Trinajstić information content (AvgIpc) is 2.66. The van der Waals surface area contributed by atoms with Crippen LogP contribution in [-0.2, 0) is 0 Å². The van der Waals surface area contributed by atoms with Gasteiger partial charge in [-0.25, -0.2) is 0 Å². The Kier molecular flexibility index (Phi) is 3.85. The molecule has 3 nitrogen and oxygen atoms in total. The van der Waals surface area contributed by atoms with E-state index < -0.39 is 0 Å². The largest absolute Gasteiger partial charge is 0.388 e. The van der Waals surface area contributed by atoms with Gasteiger partial charge in [-0.15, -0.1) is 0 Å². The Hall–Kier alpha value is -3.33. The van der Waals surface area contributed by atoms with Crippen LogP contribution in [0.5, 0.6) is 0 Å². The first-order chi connectivity index (χ1) is 12.6. The minimum Gasteiger partial charge on any atom is -0.388 e. The molecule has 0 spiro atoms. The zero-order valence-corrected chi connectivity index (χ0v) is 14.9. The minimum atomic E-state index is 0.0280. The second-order valence-electron chi connectivity index (χ2n) is 6.51. The molecule has 1 aliphatic carbocycles. The maximum Gasteiger partial charge on any atom is 0.196 e. The number of hydrogen-bond donors (Lipinski definition) is 2. The molecule has 3 aromatic rings. The van der Waals surface area contributed by atoms with Crippen LogP contribution in [0.1, 0.15) is 32.6 Å². The third kappa shape index (κ3) is 2.49. The summed E-state index contributed by atoms with van der Waals surface area (Å²) in [6, 6.07) is 19.8. The maximum absolute atomic E-state index is 13.2. The van der Waals surface area contributed by atoms with Gasteiger partial charge in [-0.3, -0.25) is 4.79 Å². The molecule has 0 fully saturated rings. The quantitative estimate of drug-likeness (QED) is 0.525. The van der Waals surface area contributed by atoms with E-state index in [0.717, 1.165) is 33.8 Å². The summed E-state index contributed by atoms with van der Waals surface area (Å²) in [7, 11) is 1.83. The Bertz CT molecular complexity index is 1050. The zero-order valence-electron chi connectivity index (χ0n) is 14.9. The van der Waals surface area contributed by atoms with Crippen molar-refractivity contribution in [3.63, 3.8) is 0 Å². The standard InChI is InChI=1S/C23H20N2O/c1-14-7-6-8-16(13-14)25-20-12-11-19(24-3)22-21(20)15(2)17-9-4-5-10-18(17)23(22)26/h4-13,24-25H,2H2,1,3H3. The molecule has 0 saturated carbocycles. The Morgan fingerprint density at radius 2 is 1.58 bits per heavy atom. The smallest absolute Gasteiger partial charge is 0.196 e. The number of benzene rings is 3. The van der Waals surface area contributed by atoms with Crippen molar-refractivity contribution in [2.75, 3.05) is 17.7 Å². The lowest BCUT2D eigenvalue weighted by atomic mass is 9.80. The van der Waals surface area contributed by atoms with Gasteiger partial charge in [0.15, 0.2) is 5.78 Å². The SMILES string of the molecule is C=C1c2ccccc2C(=O)c2c(NC)ccc(Nc3cccc(C)c3)c21. The van der Waals surface area contributed by atoms with E-state index in [1.54, 1.807) is 0 Å². The van der Waals surface area contributed by atoms with Crippen molar-refractivity contribution in [1.29, 1.82) is 0 Å². The number of anilines is 3. The molecule has 2 N–H and O–H groups in total. The molecular weight excluding hydrogens is 320 g/mol. The molecular formula is C23H20N2O. The molecule has 1 aliphatic rings. The molecule has 128 valence electrons. The monoisotopic (exact) mass is 340 g/mol. The normalized spacial score (nSPS) is 12.4. The van der Waals surface area contributed by atoms with Gasteiger partial charge in [0.05, 0.1) is 5.56 Å². The van der Waals surface area contributed by atoms with Gasteiger partial charge in [0.2, 0.25) is 0 Å². The van der Waals surface area contributed by atoms with Crippen LogP contribution >= 0.6 is 0 Å². The molecule has 0 atom stereocenters. The molecule has 4 rings (SSSR count). The second kappa shape index (κ2) is 6.19. The molecule has 0 heterocycles. The summed E-state index contributed by atoms with van der Waals surface area (Å²) in [6.07, 6.45) is 0. The van der Waals surface area contributed by atoms with Crippen molar-refractivity contribution in [1.82, 2.24) is 0 Å². The topological polar surface area (TPSA) is 41.1 Å². The van der Waals surface area contributed by atoms with Crippen LogP contribution in [0.15, 0.2) is 67.2 Å². The molecule has 0 bridgehead atoms. The predicted octanol–water partition coefficient (Wildman–Crippen LogP) is 5.39. The first-order valence-electron chi connectivity index (χ1n) is 8.62. The second-order valence-corrected chi connectivity index (χ2v) is 6.51. The van der Waals surface area contributed by atoms with E-state index in [4.69, 9.17) is 0 Å². The molecule has 0 radical (unpaired) electrons. The Balaban J connectivity index is 1.91. The highest BCUT2D eigenvalue weighted by molar-refractivity contribution is 6.22. The van der Waals surface area contributed by atoms with Crippen LogP contribution in [0.4, 0.5) is 17.1 Å². The minimum absolute atomic E-state index is 0.0280. The van der Waals surface area contributed by atoms with Gasteiger partial charge in [0, 0.05) is 35.2 Å².